The van der Waals surface area contributed by atoms with Crippen LogP contribution in [0.5, 0.6) is 0 Å². The molecule has 1 aliphatic rings. The fraction of sp³-hybridized carbons (Fsp3) is 0.500. The Morgan fingerprint density at radius 3 is 2.92 bits per heavy atom. The quantitative estimate of drug-likeness (QED) is 0.846. The molecule has 1 aromatic heterocycles. The van der Waals surface area contributed by atoms with Crippen LogP contribution in [0.1, 0.15) is 49.7 Å². The molecule has 0 spiro atoms. The van der Waals surface area contributed by atoms with Gasteiger partial charge < -0.3 is 4.90 Å². The maximum Gasteiger partial charge on any atom is 0.243 e. The van der Waals surface area contributed by atoms with Gasteiger partial charge >= 0.3 is 0 Å². The Bertz CT molecular complexity index is 779. The first-order valence-electron chi connectivity index (χ1n) is 8.67. The Kier molecular flexibility index (Phi) is 5.14. The van der Waals surface area contributed by atoms with Crippen molar-refractivity contribution in [2.45, 2.75) is 52.1 Å². The van der Waals surface area contributed by atoms with Gasteiger partial charge in [0, 0.05) is 13.0 Å². The van der Waals surface area contributed by atoms with Gasteiger partial charge in [-0.25, -0.2) is 0 Å². The van der Waals surface area contributed by atoms with E-state index in [-0.39, 0.29) is 18.5 Å². The molecule has 0 aliphatic carbocycles. The van der Waals surface area contributed by atoms with Crippen molar-refractivity contribution in [2.24, 2.45) is 0 Å². The van der Waals surface area contributed by atoms with Gasteiger partial charge in [0.15, 0.2) is 4.77 Å². The van der Waals surface area contributed by atoms with Crippen LogP contribution in [0.25, 0.3) is 0 Å². The van der Waals surface area contributed by atoms with Crippen molar-refractivity contribution in [1.82, 2.24) is 19.7 Å². The van der Waals surface area contributed by atoms with Gasteiger partial charge in [0.05, 0.1) is 6.04 Å². The molecule has 3 rings (SSSR count). The summed E-state index contributed by atoms with van der Waals surface area (Å²) in [6, 6.07) is 8.60. The third kappa shape index (κ3) is 3.15. The number of hydrogen-bond donors (Lipinski definition) is 1. The average molecular weight is 344 g/mol. The van der Waals surface area contributed by atoms with Gasteiger partial charge in [0.1, 0.15) is 12.4 Å². The molecule has 1 amide bonds. The summed E-state index contributed by atoms with van der Waals surface area (Å²) in [6.07, 6.45) is 3.63. The highest BCUT2D eigenvalue weighted by molar-refractivity contribution is 7.71. The number of amides is 1. The Hall–Kier alpha value is -1.95. The fourth-order valence-electron chi connectivity index (χ4n) is 3.54. The molecule has 0 bridgehead atoms. The minimum atomic E-state index is 0.117. The highest BCUT2D eigenvalue weighted by Gasteiger charge is 2.29. The van der Waals surface area contributed by atoms with Gasteiger partial charge in [-0.2, -0.15) is 5.10 Å². The molecule has 1 N–H and O–H groups in total. The summed E-state index contributed by atoms with van der Waals surface area (Å²) in [5.41, 5.74) is 2.64. The fourth-order valence-corrected chi connectivity index (χ4v) is 3.76. The van der Waals surface area contributed by atoms with Crippen LogP contribution < -0.4 is 0 Å². The van der Waals surface area contributed by atoms with Crippen LogP contribution in [0.15, 0.2) is 24.3 Å². The topological polar surface area (TPSA) is 53.9 Å². The first-order valence-corrected chi connectivity index (χ1v) is 9.07. The number of aromatic amines is 1. The van der Waals surface area contributed by atoms with Crippen molar-refractivity contribution in [3.05, 3.63) is 46.0 Å². The number of nitrogens with zero attached hydrogens (tertiary/aromatic N) is 3. The maximum atomic E-state index is 13.0. The zero-order valence-electron chi connectivity index (χ0n) is 14.3. The molecule has 24 heavy (non-hydrogen) atoms. The van der Waals surface area contributed by atoms with E-state index in [0.717, 1.165) is 38.1 Å². The predicted molar refractivity (Wildman–Crippen MR) is 96.3 cm³/mol. The van der Waals surface area contributed by atoms with Gasteiger partial charge in [0.25, 0.3) is 0 Å². The summed E-state index contributed by atoms with van der Waals surface area (Å²) >= 11 is 5.30. The number of carbonyl (C=O) groups is 1. The third-order valence-electron chi connectivity index (χ3n) is 4.72. The van der Waals surface area contributed by atoms with E-state index in [2.05, 4.69) is 48.3 Å². The van der Waals surface area contributed by atoms with Crippen LogP contribution in [-0.4, -0.2) is 32.1 Å². The van der Waals surface area contributed by atoms with E-state index in [4.69, 9.17) is 12.2 Å². The molecule has 128 valence electrons. The summed E-state index contributed by atoms with van der Waals surface area (Å²) in [5, 5.41) is 7.07. The highest BCUT2D eigenvalue weighted by atomic mass is 32.1. The van der Waals surface area contributed by atoms with Gasteiger partial charge in [-0.1, -0.05) is 38.1 Å². The minimum Gasteiger partial charge on any atom is -0.334 e. The van der Waals surface area contributed by atoms with Crippen LogP contribution in [0, 0.1) is 4.77 Å². The monoisotopic (exact) mass is 344 g/mol. The number of fused-ring (bicyclic) bond motifs is 1. The van der Waals surface area contributed by atoms with Crippen LogP contribution in [0.3, 0.4) is 0 Å². The van der Waals surface area contributed by atoms with Crippen molar-refractivity contribution in [2.75, 3.05) is 6.54 Å². The molecule has 1 aromatic carbocycles. The van der Waals surface area contributed by atoms with Crippen molar-refractivity contribution in [3.63, 3.8) is 0 Å². The molecule has 0 fully saturated rings. The van der Waals surface area contributed by atoms with Crippen LogP contribution in [-0.2, 0) is 24.2 Å². The molecule has 1 aliphatic heterocycles. The molecule has 2 aromatic rings. The SMILES string of the molecule is CCCc1n[nH]c(=S)n1CC(=O)N1CCc2ccccc2[C@H]1CC. The number of rotatable bonds is 5. The number of aryl methyl sites for hydroxylation is 1. The van der Waals surface area contributed by atoms with E-state index >= 15 is 0 Å². The summed E-state index contributed by atoms with van der Waals surface area (Å²) in [4.78, 5) is 15.0. The van der Waals surface area contributed by atoms with E-state index in [0.29, 0.717) is 4.77 Å². The zero-order chi connectivity index (χ0) is 17.1. The Morgan fingerprint density at radius 2 is 2.17 bits per heavy atom. The van der Waals surface area contributed by atoms with E-state index in [1.165, 1.54) is 11.1 Å². The lowest BCUT2D eigenvalue weighted by Crippen LogP contribution is -2.41. The Balaban J connectivity index is 1.83. The predicted octanol–water partition coefficient (Wildman–Crippen LogP) is 3.43. The number of carbonyl (C=O) groups excluding carboxylic acids is 1. The Labute approximate surface area is 147 Å². The average Bonchev–Trinajstić information content (AvgIpc) is 2.94. The molecule has 6 heteroatoms. The molecule has 0 saturated heterocycles. The second-order valence-electron chi connectivity index (χ2n) is 6.24. The van der Waals surface area contributed by atoms with E-state index in [1.807, 2.05) is 9.47 Å². The van der Waals surface area contributed by atoms with Crippen molar-refractivity contribution >= 4 is 18.1 Å². The first-order chi connectivity index (χ1) is 11.7. The second kappa shape index (κ2) is 7.30. The van der Waals surface area contributed by atoms with Crippen LogP contribution in [0.4, 0.5) is 0 Å². The van der Waals surface area contributed by atoms with Gasteiger partial charge in [-0.05, 0) is 42.6 Å². The molecule has 5 nitrogen and oxygen atoms in total. The van der Waals surface area contributed by atoms with Crippen molar-refractivity contribution < 1.29 is 4.79 Å². The lowest BCUT2D eigenvalue weighted by atomic mass is 9.91. The van der Waals surface area contributed by atoms with Gasteiger partial charge in [-0.3, -0.25) is 14.5 Å². The van der Waals surface area contributed by atoms with Crippen molar-refractivity contribution in [1.29, 1.82) is 0 Å². The van der Waals surface area contributed by atoms with Crippen LogP contribution >= 0.6 is 12.2 Å². The number of benzene rings is 1. The molecule has 0 saturated carbocycles. The third-order valence-corrected chi connectivity index (χ3v) is 5.04. The lowest BCUT2D eigenvalue weighted by Gasteiger charge is -2.37. The van der Waals surface area contributed by atoms with Gasteiger partial charge in [-0.15, -0.1) is 0 Å². The number of aromatic nitrogens is 3. The lowest BCUT2D eigenvalue weighted by molar-refractivity contribution is -0.135. The molecule has 1 atom stereocenters. The minimum absolute atomic E-state index is 0.117. The maximum absolute atomic E-state index is 13.0. The van der Waals surface area contributed by atoms with E-state index in [1.54, 1.807) is 0 Å². The summed E-state index contributed by atoms with van der Waals surface area (Å²) in [7, 11) is 0. The molecule has 0 radical (unpaired) electrons. The van der Waals surface area contributed by atoms with E-state index in [9.17, 15) is 4.79 Å². The zero-order valence-corrected chi connectivity index (χ0v) is 15.1. The molecule has 0 unspecified atom stereocenters. The summed E-state index contributed by atoms with van der Waals surface area (Å²) in [5.74, 6) is 0.979. The smallest absolute Gasteiger partial charge is 0.243 e. The Morgan fingerprint density at radius 1 is 1.38 bits per heavy atom. The highest BCUT2D eigenvalue weighted by Crippen LogP contribution is 2.32. The van der Waals surface area contributed by atoms with Gasteiger partial charge in [0.2, 0.25) is 5.91 Å². The van der Waals surface area contributed by atoms with E-state index < -0.39 is 0 Å². The standard InChI is InChI=1S/C18H24N4OS/c1-3-7-16-19-20-18(24)22(16)12-17(23)21-11-10-13-8-5-6-9-14(13)15(21)4-2/h5-6,8-9,15H,3-4,7,10-12H2,1-2H3,(H,20,24)/t15-/m1/s1. The normalized spacial score (nSPS) is 16.9. The molecular weight excluding hydrogens is 320 g/mol. The number of nitrogens with one attached hydrogen (secondary N) is 1. The number of H-pyrrole nitrogens is 1. The largest absolute Gasteiger partial charge is 0.334 e. The summed E-state index contributed by atoms with van der Waals surface area (Å²) < 4.78 is 2.37. The molecular formula is C18H24N4OS. The first kappa shape index (κ1) is 16.9. The number of hydrogen-bond acceptors (Lipinski definition) is 3. The van der Waals surface area contributed by atoms with Crippen LogP contribution in [0.2, 0.25) is 0 Å². The second-order valence-corrected chi connectivity index (χ2v) is 6.63. The molecule has 2 heterocycles. The van der Waals surface area contributed by atoms with Crippen molar-refractivity contribution in [3.8, 4) is 0 Å². The summed E-state index contributed by atoms with van der Waals surface area (Å²) in [6.45, 7) is 5.27.